The van der Waals surface area contributed by atoms with Crippen LogP contribution in [0, 0.1) is 5.82 Å². The largest absolute Gasteiger partial charge is 0.462 e. The van der Waals surface area contributed by atoms with Crippen molar-refractivity contribution in [2.45, 2.75) is 32.6 Å². The number of ether oxygens (including phenoxy) is 2. The second-order valence-corrected chi connectivity index (χ2v) is 8.91. The van der Waals surface area contributed by atoms with Gasteiger partial charge in [-0.05, 0) is 48.2 Å². The maximum atomic E-state index is 13.3. The number of benzene rings is 2. The standard InChI is InChI=1S/C29H28FN3O6/c1-3-38-28(36)25-22(15-24(34)33(2)29(37)39-17-19-7-5-4-6-8-19)26-23(32-27(25)35)14-20(16-31-26)13-18-9-11-21(30)12-10-18/h4-12,14,16,24,34H,3,13,15,17H2,1-2H3,(H,32,35). The van der Waals surface area contributed by atoms with Gasteiger partial charge in [-0.2, -0.15) is 0 Å². The molecule has 0 fully saturated rings. The van der Waals surface area contributed by atoms with E-state index < -0.39 is 23.8 Å². The minimum Gasteiger partial charge on any atom is -0.462 e. The predicted molar refractivity (Wildman–Crippen MR) is 142 cm³/mol. The number of amides is 1. The predicted octanol–water partition coefficient (Wildman–Crippen LogP) is 3.96. The quantitative estimate of drug-likeness (QED) is 0.247. The minimum absolute atomic E-state index is 0.0110. The van der Waals surface area contributed by atoms with Crippen molar-refractivity contribution >= 4 is 23.1 Å². The highest BCUT2D eigenvalue weighted by Gasteiger charge is 2.27. The Labute approximate surface area is 223 Å². The number of rotatable bonds is 9. The van der Waals surface area contributed by atoms with Gasteiger partial charge in [-0.25, -0.2) is 14.0 Å². The first kappa shape index (κ1) is 27.5. The summed E-state index contributed by atoms with van der Waals surface area (Å²) in [6, 6.07) is 16.8. The number of aromatic amines is 1. The molecule has 39 heavy (non-hydrogen) atoms. The number of nitrogens with zero attached hydrogens (tertiary/aromatic N) is 2. The second kappa shape index (κ2) is 12.3. The lowest BCUT2D eigenvalue weighted by molar-refractivity contribution is 0.0116. The molecule has 2 aromatic heterocycles. The Hall–Kier alpha value is -4.57. The van der Waals surface area contributed by atoms with Crippen molar-refractivity contribution in [3.8, 4) is 0 Å². The van der Waals surface area contributed by atoms with Crippen molar-refractivity contribution in [2.24, 2.45) is 0 Å². The van der Waals surface area contributed by atoms with Gasteiger partial charge >= 0.3 is 12.1 Å². The minimum atomic E-state index is -1.44. The number of nitrogens with one attached hydrogen (secondary N) is 1. The number of likely N-dealkylation sites (N-methyl/N-ethyl adjacent to an activating group) is 1. The number of carbonyl (C=O) groups is 2. The number of esters is 1. The molecule has 2 aromatic carbocycles. The molecule has 0 bridgehead atoms. The molecule has 202 valence electrons. The highest BCUT2D eigenvalue weighted by molar-refractivity contribution is 5.96. The molecule has 0 saturated carbocycles. The Morgan fingerprint density at radius 1 is 1.05 bits per heavy atom. The molecule has 9 nitrogen and oxygen atoms in total. The van der Waals surface area contributed by atoms with Gasteiger partial charge in [-0.1, -0.05) is 42.5 Å². The van der Waals surface area contributed by atoms with Crippen molar-refractivity contribution in [1.82, 2.24) is 14.9 Å². The number of halogens is 1. The van der Waals surface area contributed by atoms with Crippen LogP contribution in [0.5, 0.6) is 0 Å². The number of carbonyl (C=O) groups excluding carboxylic acids is 2. The van der Waals surface area contributed by atoms with Crippen LogP contribution in [0.3, 0.4) is 0 Å². The normalized spacial score (nSPS) is 11.7. The number of hydrogen-bond donors (Lipinski definition) is 2. The van der Waals surface area contributed by atoms with E-state index in [0.717, 1.165) is 21.6 Å². The van der Waals surface area contributed by atoms with E-state index in [9.17, 15) is 23.9 Å². The van der Waals surface area contributed by atoms with Crippen LogP contribution < -0.4 is 5.56 Å². The molecule has 0 radical (unpaired) electrons. The van der Waals surface area contributed by atoms with Gasteiger partial charge < -0.3 is 19.6 Å². The van der Waals surface area contributed by atoms with Gasteiger partial charge in [0.1, 0.15) is 24.2 Å². The summed E-state index contributed by atoms with van der Waals surface area (Å²) in [5.74, 6) is -1.21. The first-order chi connectivity index (χ1) is 18.8. The lowest BCUT2D eigenvalue weighted by Gasteiger charge is -2.24. The van der Waals surface area contributed by atoms with Crippen molar-refractivity contribution in [3.63, 3.8) is 0 Å². The Bertz CT molecular complexity index is 1520. The average molecular weight is 534 g/mol. The molecule has 1 atom stereocenters. The van der Waals surface area contributed by atoms with Crippen LogP contribution in [0.4, 0.5) is 9.18 Å². The van der Waals surface area contributed by atoms with E-state index in [2.05, 4.69) is 9.97 Å². The van der Waals surface area contributed by atoms with Gasteiger partial charge in [-0.15, -0.1) is 0 Å². The number of aromatic nitrogens is 2. The third kappa shape index (κ3) is 6.66. The van der Waals surface area contributed by atoms with Crippen LogP contribution in [0.1, 0.15) is 39.5 Å². The fourth-order valence-corrected chi connectivity index (χ4v) is 4.10. The molecule has 2 heterocycles. The van der Waals surface area contributed by atoms with E-state index in [1.165, 1.54) is 19.2 Å². The van der Waals surface area contributed by atoms with Gasteiger partial charge in [0.05, 0.1) is 17.6 Å². The number of aliphatic hydroxyl groups is 1. The summed E-state index contributed by atoms with van der Waals surface area (Å²) in [7, 11) is 1.35. The van der Waals surface area contributed by atoms with Crippen LogP contribution >= 0.6 is 0 Å². The van der Waals surface area contributed by atoms with E-state index in [-0.39, 0.29) is 42.1 Å². The molecule has 10 heteroatoms. The van der Waals surface area contributed by atoms with Crippen LogP contribution in [0.2, 0.25) is 0 Å². The Balaban J connectivity index is 1.63. The van der Waals surface area contributed by atoms with Gasteiger partial charge in [0.15, 0.2) is 0 Å². The van der Waals surface area contributed by atoms with E-state index in [1.807, 2.05) is 18.2 Å². The van der Waals surface area contributed by atoms with E-state index >= 15 is 0 Å². The topological polar surface area (TPSA) is 122 Å². The highest BCUT2D eigenvalue weighted by atomic mass is 19.1. The number of aliphatic hydroxyl groups excluding tert-OH is 1. The van der Waals surface area contributed by atoms with Gasteiger partial charge in [-0.3, -0.25) is 14.7 Å². The van der Waals surface area contributed by atoms with Crippen molar-refractivity contribution in [3.05, 3.63) is 111 Å². The number of pyridine rings is 2. The van der Waals surface area contributed by atoms with Crippen LogP contribution in [-0.4, -0.2) is 51.9 Å². The zero-order valence-corrected chi connectivity index (χ0v) is 21.5. The molecule has 4 aromatic rings. The third-order valence-corrected chi connectivity index (χ3v) is 6.14. The number of H-pyrrole nitrogens is 1. The van der Waals surface area contributed by atoms with Crippen LogP contribution in [0.15, 0.2) is 71.7 Å². The molecule has 1 unspecified atom stereocenters. The van der Waals surface area contributed by atoms with E-state index in [4.69, 9.17) is 9.47 Å². The van der Waals surface area contributed by atoms with Gasteiger partial charge in [0.2, 0.25) is 0 Å². The summed E-state index contributed by atoms with van der Waals surface area (Å²) in [6.07, 6.45) is -0.499. The fourth-order valence-electron chi connectivity index (χ4n) is 4.10. The number of hydrogen-bond acceptors (Lipinski definition) is 7. The molecule has 1 amide bonds. The second-order valence-electron chi connectivity index (χ2n) is 8.91. The average Bonchev–Trinajstić information content (AvgIpc) is 2.93. The SMILES string of the molecule is CCOC(=O)c1c(CC(O)N(C)C(=O)OCc2ccccc2)c2ncc(Cc3ccc(F)cc3)cc2[nH]c1=O. The first-order valence-electron chi connectivity index (χ1n) is 12.3. The summed E-state index contributed by atoms with van der Waals surface area (Å²) in [4.78, 5) is 46.4. The summed E-state index contributed by atoms with van der Waals surface area (Å²) in [5.41, 5.74) is 2.09. The molecular weight excluding hydrogens is 505 g/mol. The van der Waals surface area contributed by atoms with E-state index in [1.54, 1.807) is 43.5 Å². The third-order valence-electron chi connectivity index (χ3n) is 6.14. The monoisotopic (exact) mass is 533 g/mol. The maximum Gasteiger partial charge on any atom is 0.411 e. The molecule has 0 spiro atoms. The molecule has 4 rings (SSSR count). The molecular formula is C29H28FN3O6. The lowest BCUT2D eigenvalue weighted by Crippen LogP contribution is -2.39. The summed E-state index contributed by atoms with van der Waals surface area (Å²) in [6.45, 7) is 1.66. The summed E-state index contributed by atoms with van der Waals surface area (Å²) in [5, 5.41) is 10.9. The molecule has 0 aliphatic heterocycles. The highest BCUT2D eigenvalue weighted by Crippen LogP contribution is 2.22. The zero-order valence-electron chi connectivity index (χ0n) is 21.5. The van der Waals surface area contributed by atoms with Crippen molar-refractivity contribution < 1.29 is 28.6 Å². The fraction of sp³-hybridized carbons (Fsp3) is 0.241. The molecule has 0 saturated heterocycles. The summed E-state index contributed by atoms with van der Waals surface area (Å²) < 4.78 is 23.6. The lowest BCUT2D eigenvalue weighted by atomic mass is 10.0. The smallest absolute Gasteiger partial charge is 0.411 e. The van der Waals surface area contributed by atoms with Crippen molar-refractivity contribution in [1.29, 1.82) is 0 Å². The van der Waals surface area contributed by atoms with E-state index in [0.29, 0.717) is 11.9 Å². The maximum absolute atomic E-state index is 13.3. The van der Waals surface area contributed by atoms with Crippen LogP contribution in [-0.2, 0) is 28.9 Å². The summed E-state index contributed by atoms with van der Waals surface area (Å²) >= 11 is 0. The first-order valence-corrected chi connectivity index (χ1v) is 12.3. The Morgan fingerprint density at radius 3 is 2.46 bits per heavy atom. The molecule has 0 aliphatic carbocycles. The Morgan fingerprint density at radius 2 is 1.77 bits per heavy atom. The van der Waals surface area contributed by atoms with Gasteiger partial charge in [0.25, 0.3) is 5.56 Å². The molecule has 0 aliphatic rings. The number of fused-ring (bicyclic) bond motifs is 1. The van der Waals surface area contributed by atoms with Gasteiger partial charge in [0, 0.05) is 25.2 Å². The van der Waals surface area contributed by atoms with Crippen LogP contribution in [0.25, 0.3) is 11.0 Å². The Kier molecular flexibility index (Phi) is 8.67. The molecule has 2 N–H and O–H groups in total. The zero-order chi connectivity index (χ0) is 27.9. The van der Waals surface area contributed by atoms with Crippen molar-refractivity contribution in [2.75, 3.05) is 13.7 Å².